The first-order chi connectivity index (χ1) is 27.9. The molecule has 0 fully saturated rings. The number of halogens is 12. The third-order valence-electron chi connectivity index (χ3n) is 9.07. The smallest absolute Gasteiger partial charge is 0.399 e. The number of nitrogen functional groups attached to an aromatic ring is 2. The van der Waals surface area contributed by atoms with E-state index < -0.39 is 81.0 Å². The highest BCUT2D eigenvalue weighted by molar-refractivity contribution is 6.05. The molecule has 0 bridgehead atoms. The van der Waals surface area contributed by atoms with Crippen LogP contribution in [0.5, 0.6) is 0 Å². The fraction of sp³-hybridized carbons (Fsp3) is 0.0952. The largest absolute Gasteiger partial charge is 0.417 e. The number of hydrogen-bond acceptors (Lipinski definition) is 4. The quantitative estimate of drug-likeness (QED) is 0.0947. The van der Waals surface area contributed by atoms with E-state index >= 15 is 0 Å². The molecular formula is C42H26F12N4O2. The fourth-order valence-electron chi connectivity index (χ4n) is 6.28. The summed E-state index contributed by atoms with van der Waals surface area (Å²) in [6, 6.07) is 20.6. The maximum absolute atomic E-state index is 14.1. The van der Waals surface area contributed by atoms with Gasteiger partial charge in [0.05, 0.1) is 22.3 Å². The highest BCUT2D eigenvalue weighted by Crippen LogP contribution is 2.46. The summed E-state index contributed by atoms with van der Waals surface area (Å²) in [5, 5.41) is 4.60. The van der Waals surface area contributed by atoms with Gasteiger partial charge in [-0.3, -0.25) is 9.59 Å². The molecule has 0 saturated carbocycles. The predicted octanol–water partition coefficient (Wildman–Crippen LogP) is 12.4. The van der Waals surface area contributed by atoms with Gasteiger partial charge in [-0.05, 0) is 106 Å². The molecule has 0 radical (unpaired) electrons. The average molecular weight is 847 g/mol. The summed E-state index contributed by atoms with van der Waals surface area (Å²) in [5.41, 5.74) is 1.81. The van der Waals surface area contributed by atoms with Crippen molar-refractivity contribution in [2.75, 3.05) is 22.1 Å². The lowest BCUT2D eigenvalue weighted by Crippen LogP contribution is -2.15. The Morgan fingerprint density at radius 2 is 0.633 bits per heavy atom. The molecule has 6 rings (SSSR count). The second-order valence-electron chi connectivity index (χ2n) is 13.2. The van der Waals surface area contributed by atoms with Gasteiger partial charge < -0.3 is 22.1 Å². The Morgan fingerprint density at radius 3 is 0.917 bits per heavy atom. The molecule has 0 saturated heterocycles. The Kier molecular flexibility index (Phi) is 11.1. The summed E-state index contributed by atoms with van der Waals surface area (Å²) in [5.74, 6) is -1.71. The summed E-state index contributed by atoms with van der Waals surface area (Å²) in [6.07, 6.45) is -20.3. The van der Waals surface area contributed by atoms with Gasteiger partial charge in [0.1, 0.15) is 0 Å². The Morgan fingerprint density at radius 1 is 0.367 bits per heavy atom. The van der Waals surface area contributed by atoms with E-state index in [4.69, 9.17) is 11.5 Å². The van der Waals surface area contributed by atoms with E-state index in [1.54, 1.807) is 0 Å². The molecule has 0 aromatic heterocycles. The van der Waals surface area contributed by atoms with Gasteiger partial charge in [0.15, 0.2) is 0 Å². The van der Waals surface area contributed by atoms with Gasteiger partial charge in [0, 0.05) is 33.9 Å². The Labute approximate surface area is 331 Å². The van der Waals surface area contributed by atoms with E-state index in [2.05, 4.69) is 10.6 Å². The second-order valence-corrected chi connectivity index (χ2v) is 13.2. The van der Waals surface area contributed by atoms with Gasteiger partial charge in [0.25, 0.3) is 11.8 Å². The standard InChI is InChI=1S/C42H26F12N4O2/c43-39(44,45)33-17-25(55)9-13-29(33)31-15-11-27(19-35(31)41(49,50)51)57-37(59)23-5-1-21(2-6-23)22-3-7-24(8-4-22)38(60)58-28-12-16-32(36(20-28)42(52,53)54)30-14-10-26(56)18-34(30)40(46,47)48/h1-20H,55-56H2,(H,57,59)(H,58,60). The van der Waals surface area contributed by atoms with Gasteiger partial charge in [-0.2, -0.15) is 52.7 Å². The predicted molar refractivity (Wildman–Crippen MR) is 200 cm³/mol. The van der Waals surface area contributed by atoms with Crippen molar-refractivity contribution >= 4 is 34.6 Å². The van der Waals surface area contributed by atoms with Crippen molar-refractivity contribution < 1.29 is 62.3 Å². The SMILES string of the molecule is Nc1ccc(-c2ccc(NC(=O)c3ccc(-c4ccc(C(=O)Nc5ccc(-c6ccc(N)cc6C(F)(F)F)c(C(F)(F)F)c5)cc4)cc3)cc2C(F)(F)F)c(C(F)(F)F)c1. The van der Waals surface area contributed by atoms with E-state index in [0.717, 1.165) is 48.5 Å². The van der Waals surface area contributed by atoms with Crippen LogP contribution in [0.4, 0.5) is 75.4 Å². The average Bonchev–Trinajstić information content (AvgIpc) is 3.17. The van der Waals surface area contributed by atoms with Crippen LogP contribution in [0.3, 0.4) is 0 Å². The zero-order valence-corrected chi connectivity index (χ0v) is 30.1. The number of amides is 2. The number of carbonyl (C=O) groups excluding carboxylic acids is 2. The van der Waals surface area contributed by atoms with Crippen LogP contribution in [-0.4, -0.2) is 11.8 Å². The first kappa shape index (κ1) is 42.6. The molecule has 0 aliphatic rings. The zero-order chi connectivity index (χ0) is 43.9. The minimum Gasteiger partial charge on any atom is -0.399 e. The lowest BCUT2D eigenvalue weighted by Gasteiger charge is -2.19. The first-order valence-corrected chi connectivity index (χ1v) is 17.1. The Hall–Kier alpha value is -6.98. The number of anilines is 4. The van der Waals surface area contributed by atoms with Gasteiger partial charge in [-0.15, -0.1) is 0 Å². The molecule has 0 heterocycles. The van der Waals surface area contributed by atoms with E-state index in [-0.39, 0.29) is 33.9 Å². The van der Waals surface area contributed by atoms with E-state index in [9.17, 15) is 62.3 Å². The number of alkyl halides is 12. The topological polar surface area (TPSA) is 110 Å². The number of hydrogen-bond donors (Lipinski definition) is 4. The third kappa shape index (κ3) is 9.32. The molecule has 2 amide bonds. The number of nitrogens with one attached hydrogen (secondary N) is 2. The van der Waals surface area contributed by atoms with E-state index in [1.165, 1.54) is 48.5 Å². The van der Waals surface area contributed by atoms with Gasteiger partial charge in [-0.1, -0.05) is 48.5 Å². The highest BCUT2D eigenvalue weighted by Gasteiger charge is 2.40. The van der Waals surface area contributed by atoms with Gasteiger partial charge in [0.2, 0.25) is 0 Å². The third-order valence-corrected chi connectivity index (χ3v) is 9.07. The molecule has 6 aromatic rings. The number of nitrogens with two attached hydrogens (primary N) is 2. The molecule has 0 aliphatic carbocycles. The first-order valence-electron chi connectivity index (χ1n) is 17.1. The number of carbonyl (C=O) groups is 2. The van der Waals surface area contributed by atoms with Crippen molar-refractivity contribution in [2.45, 2.75) is 24.7 Å². The maximum Gasteiger partial charge on any atom is 0.417 e. The highest BCUT2D eigenvalue weighted by atomic mass is 19.4. The molecule has 18 heteroatoms. The van der Waals surface area contributed by atoms with Crippen LogP contribution in [0.15, 0.2) is 121 Å². The summed E-state index contributed by atoms with van der Waals surface area (Å²) in [7, 11) is 0. The summed E-state index contributed by atoms with van der Waals surface area (Å²) < 4.78 is 167. The molecule has 0 unspecified atom stereocenters. The number of benzene rings is 6. The Bertz CT molecular complexity index is 2420. The van der Waals surface area contributed by atoms with Crippen LogP contribution in [0, 0.1) is 0 Å². The molecule has 6 nitrogen and oxygen atoms in total. The van der Waals surface area contributed by atoms with Crippen LogP contribution < -0.4 is 22.1 Å². The number of rotatable bonds is 7. The molecule has 60 heavy (non-hydrogen) atoms. The van der Waals surface area contributed by atoms with Crippen molar-refractivity contribution in [3.63, 3.8) is 0 Å². The molecule has 0 atom stereocenters. The van der Waals surface area contributed by atoms with E-state index in [1.807, 2.05) is 0 Å². The van der Waals surface area contributed by atoms with Crippen LogP contribution in [-0.2, 0) is 24.7 Å². The summed E-state index contributed by atoms with van der Waals surface area (Å²) >= 11 is 0. The summed E-state index contributed by atoms with van der Waals surface area (Å²) in [6.45, 7) is 0. The van der Waals surface area contributed by atoms with Crippen LogP contribution in [0.25, 0.3) is 33.4 Å². The molecule has 0 aliphatic heterocycles. The molecule has 6 N–H and O–H groups in total. The van der Waals surface area contributed by atoms with Crippen LogP contribution in [0.2, 0.25) is 0 Å². The molecule has 310 valence electrons. The van der Waals surface area contributed by atoms with Crippen molar-refractivity contribution in [1.82, 2.24) is 0 Å². The minimum atomic E-state index is -5.12. The van der Waals surface area contributed by atoms with Crippen molar-refractivity contribution in [3.8, 4) is 33.4 Å². The maximum atomic E-state index is 14.1. The van der Waals surface area contributed by atoms with Gasteiger partial charge in [-0.25, -0.2) is 0 Å². The summed E-state index contributed by atoms with van der Waals surface area (Å²) in [4.78, 5) is 26.0. The normalized spacial score (nSPS) is 12.3. The van der Waals surface area contributed by atoms with Crippen LogP contribution in [0.1, 0.15) is 43.0 Å². The van der Waals surface area contributed by atoms with Crippen molar-refractivity contribution in [1.29, 1.82) is 0 Å². The van der Waals surface area contributed by atoms with Crippen molar-refractivity contribution in [2.24, 2.45) is 0 Å². The zero-order valence-electron chi connectivity index (χ0n) is 30.1. The van der Waals surface area contributed by atoms with Crippen molar-refractivity contribution in [3.05, 3.63) is 155 Å². The minimum absolute atomic E-state index is 0.0134. The van der Waals surface area contributed by atoms with Gasteiger partial charge >= 0.3 is 24.7 Å². The molecular weight excluding hydrogens is 820 g/mol. The molecule has 0 spiro atoms. The van der Waals surface area contributed by atoms with Crippen LogP contribution >= 0.6 is 0 Å². The molecule has 6 aromatic carbocycles. The fourth-order valence-corrected chi connectivity index (χ4v) is 6.28. The Balaban J connectivity index is 1.17. The second kappa shape index (κ2) is 15.6. The monoisotopic (exact) mass is 846 g/mol. The lowest BCUT2D eigenvalue weighted by atomic mass is 9.93. The van der Waals surface area contributed by atoms with E-state index in [0.29, 0.717) is 35.4 Å². The lowest BCUT2D eigenvalue weighted by molar-refractivity contribution is -0.139.